The summed E-state index contributed by atoms with van der Waals surface area (Å²) in [5.74, 6) is 0.0592. The lowest BCUT2D eigenvalue weighted by Crippen LogP contribution is -2.34. The van der Waals surface area contributed by atoms with Crippen LogP contribution in [0.3, 0.4) is 0 Å². The van der Waals surface area contributed by atoms with Crippen molar-refractivity contribution in [2.24, 2.45) is 11.7 Å². The summed E-state index contributed by atoms with van der Waals surface area (Å²) in [5, 5.41) is 0. The molecule has 0 aliphatic rings. The highest BCUT2D eigenvalue weighted by Gasteiger charge is 2.31. The fourth-order valence-corrected chi connectivity index (χ4v) is 2.09. The zero-order valence-corrected chi connectivity index (χ0v) is 12.5. The molecule has 0 aromatic heterocycles. The van der Waals surface area contributed by atoms with Crippen molar-refractivity contribution in [1.29, 1.82) is 0 Å². The molecular weight excluding hydrogens is 258 g/mol. The lowest BCUT2D eigenvalue weighted by molar-refractivity contribution is -0.125. The number of aryl methyl sites for hydroxylation is 1. The first-order chi connectivity index (χ1) is 9.47. The first kappa shape index (κ1) is 16.5. The topological polar surface area (TPSA) is 70.8 Å². The van der Waals surface area contributed by atoms with E-state index in [0.717, 1.165) is 11.1 Å². The Morgan fingerprint density at radius 1 is 1.30 bits per heavy atom. The Balaban J connectivity index is 3.08. The molecule has 5 nitrogen and oxygen atoms in total. The second kappa shape index (κ2) is 7.87. The molecule has 2 N–H and O–H groups in total. The number of carbonyl (C=O) groups is 1. The highest BCUT2D eigenvalue weighted by molar-refractivity contribution is 5.65. The summed E-state index contributed by atoms with van der Waals surface area (Å²) in [6.07, 6.45) is -1.68. The van der Waals surface area contributed by atoms with E-state index in [0.29, 0.717) is 0 Å². The fraction of sp³-hybridized carbons (Fsp3) is 0.533. The van der Waals surface area contributed by atoms with Gasteiger partial charge >= 0.3 is 6.09 Å². The molecule has 2 atom stereocenters. The molecule has 0 heterocycles. The number of benzene rings is 1. The van der Waals surface area contributed by atoms with E-state index < -0.39 is 18.3 Å². The molecule has 20 heavy (non-hydrogen) atoms. The quantitative estimate of drug-likeness (QED) is 0.780. The van der Waals surface area contributed by atoms with Gasteiger partial charge in [-0.2, -0.15) is 0 Å². The zero-order chi connectivity index (χ0) is 15.1. The maximum atomic E-state index is 11.1. The van der Waals surface area contributed by atoms with Gasteiger partial charge in [-0.05, 0) is 24.0 Å². The summed E-state index contributed by atoms with van der Waals surface area (Å²) in [4.78, 5) is 11.1. The number of carbonyl (C=O) groups excluding carboxylic acids is 1. The van der Waals surface area contributed by atoms with Crippen LogP contribution in [0, 0.1) is 12.8 Å². The second-order valence-corrected chi connectivity index (χ2v) is 5.00. The predicted molar refractivity (Wildman–Crippen MR) is 76.2 cm³/mol. The number of primary amides is 1. The van der Waals surface area contributed by atoms with Gasteiger partial charge in [-0.15, -0.1) is 0 Å². The number of methoxy groups -OCH3 is 1. The Hall–Kier alpha value is -1.59. The van der Waals surface area contributed by atoms with Crippen LogP contribution in [0.5, 0.6) is 0 Å². The molecule has 0 spiro atoms. The standard InChI is InChI=1S/C15H23NO4/c1-10(2)13(20-15(16)17)14(19-9-18-4)12-8-6-5-7-11(12)3/h5-8,10,13-14H,9H2,1-4H3,(H2,16,17). The van der Waals surface area contributed by atoms with E-state index in [2.05, 4.69) is 0 Å². The van der Waals surface area contributed by atoms with E-state index in [9.17, 15) is 4.79 Å². The Labute approximate surface area is 120 Å². The summed E-state index contributed by atoms with van der Waals surface area (Å²) in [6, 6.07) is 7.81. The third-order valence-electron chi connectivity index (χ3n) is 3.07. The van der Waals surface area contributed by atoms with Crippen LogP contribution < -0.4 is 5.73 Å². The number of rotatable bonds is 7. The number of amides is 1. The molecule has 0 radical (unpaired) electrons. The van der Waals surface area contributed by atoms with Crippen LogP contribution >= 0.6 is 0 Å². The van der Waals surface area contributed by atoms with Crippen molar-refractivity contribution in [3.05, 3.63) is 35.4 Å². The van der Waals surface area contributed by atoms with Crippen molar-refractivity contribution < 1.29 is 19.0 Å². The highest BCUT2D eigenvalue weighted by atomic mass is 16.7. The second-order valence-electron chi connectivity index (χ2n) is 5.00. The van der Waals surface area contributed by atoms with E-state index in [-0.39, 0.29) is 12.7 Å². The van der Waals surface area contributed by atoms with E-state index in [4.69, 9.17) is 19.9 Å². The largest absolute Gasteiger partial charge is 0.443 e. The maximum absolute atomic E-state index is 11.1. The van der Waals surface area contributed by atoms with Gasteiger partial charge in [0.05, 0.1) is 0 Å². The molecule has 0 saturated heterocycles. The normalized spacial score (nSPS) is 14.1. The molecular formula is C15H23NO4. The third kappa shape index (κ3) is 4.51. The molecule has 112 valence electrons. The van der Waals surface area contributed by atoms with Crippen molar-refractivity contribution in [2.45, 2.75) is 33.0 Å². The minimum absolute atomic E-state index is 0.0592. The Kier molecular flexibility index (Phi) is 6.48. The fourth-order valence-electron chi connectivity index (χ4n) is 2.09. The smallest absolute Gasteiger partial charge is 0.404 e. The minimum Gasteiger partial charge on any atom is -0.443 e. The van der Waals surface area contributed by atoms with E-state index >= 15 is 0 Å². The lowest BCUT2D eigenvalue weighted by Gasteiger charge is -2.30. The van der Waals surface area contributed by atoms with E-state index in [1.807, 2.05) is 45.0 Å². The maximum Gasteiger partial charge on any atom is 0.404 e. The molecule has 0 saturated carbocycles. The average Bonchev–Trinajstić information content (AvgIpc) is 2.39. The Morgan fingerprint density at radius 3 is 2.45 bits per heavy atom. The number of hydrogen-bond donors (Lipinski definition) is 1. The lowest BCUT2D eigenvalue weighted by atomic mass is 9.93. The third-order valence-corrected chi connectivity index (χ3v) is 3.07. The van der Waals surface area contributed by atoms with Gasteiger partial charge in [0.1, 0.15) is 19.0 Å². The van der Waals surface area contributed by atoms with Crippen molar-refractivity contribution in [2.75, 3.05) is 13.9 Å². The van der Waals surface area contributed by atoms with Crippen LogP contribution in [0.4, 0.5) is 4.79 Å². The van der Waals surface area contributed by atoms with Gasteiger partial charge in [-0.1, -0.05) is 38.1 Å². The molecule has 1 rings (SSSR count). The van der Waals surface area contributed by atoms with Crippen molar-refractivity contribution in [3.8, 4) is 0 Å². The van der Waals surface area contributed by atoms with Gasteiger partial charge in [0.2, 0.25) is 0 Å². The van der Waals surface area contributed by atoms with Crippen LogP contribution in [0.2, 0.25) is 0 Å². The molecule has 1 aromatic rings. The molecule has 5 heteroatoms. The van der Waals surface area contributed by atoms with Crippen LogP contribution in [0.25, 0.3) is 0 Å². The zero-order valence-electron chi connectivity index (χ0n) is 12.5. The van der Waals surface area contributed by atoms with E-state index in [1.165, 1.54) is 0 Å². The Bertz CT molecular complexity index is 434. The van der Waals surface area contributed by atoms with Gasteiger partial charge < -0.3 is 19.9 Å². The number of ether oxygens (including phenoxy) is 3. The first-order valence-electron chi connectivity index (χ1n) is 6.59. The van der Waals surface area contributed by atoms with Crippen LogP contribution in [0.15, 0.2) is 24.3 Å². The van der Waals surface area contributed by atoms with Gasteiger partial charge in [0.25, 0.3) is 0 Å². The van der Waals surface area contributed by atoms with Gasteiger partial charge in [-0.25, -0.2) is 4.79 Å². The van der Waals surface area contributed by atoms with Gasteiger partial charge in [0.15, 0.2) is 0 Å². The SMILES string of the molecule is COCOC(c1ccccc1C)C(OC(N)=O)C(C)C. The molecule has 1 amide bonds. The molecule has 0 aliphatic heterocycles. The number of hydrogen-bond acceptors (Lipinski definition) is 4. The van der Waals surface area contributed by atoms with Crippen molar-refractivity contribution in [3.63, 3.8) is 0 Å². The summed E-state index contributed by atoms with van der Waals surface area (Å²) >= 11 is 0. The highest BCUT2D eigenvalue weighted by Crippen LogP contribution is 2.30. The van der Waals surface area contributed by atoms with Crippen molar-refractivity contribution in [1.82, 2.24) is 0 Å². The Morgan fingerprint density at radius 2 is 1.95 bits per heavy atom. The average molecular weight is 281 g/mol. The summed E-state index contributed by atoms with van der Waals surface area (Å²) in [7, 11) is 1.55. The summed E-state index contributed by atoms with van der Waals surface area (Å²) < 4.78 is 15.9. The molecule has 0 fully saturated rings. The monoisotopic (exact) mass is 281 g/mol. The summed E-state index contributed by atoms with van der Waals surface area (Å²) in [6.45, 7) is 6.01. The number of nitrogens with two attached hydrogens (primary N) is 1. The van der Waals surface area contributed by atoms with Gasteiger partial charge in [0, 0.05) is 7.11 Å². The molecule has 2 unspecified atom stereocenters. The van der Waals surface area contributed by atoms with Crippen LogP contribution in [-0.2, 0) is 14.2 Å². The van der Waals surface area contributed by atoms with E-state index in [1.54, 1.807) is 7.11 Å². The van der Waals surface area contributed by atoms with Crippen LogP contribution in [0.1, 0.15) is 31.1 Å². The molecule has 1 aromatic carbocycles. The minimum atomic E-state index is -0.802. The van der Waals surface area contributed by atoms with Crippen LogP contribution in [-0.4, -0.2) is 26.1 Å². The van der Waals surface area contributed by atoms with Crippen molar-refractivity contribution >= 4 is 6.09 Å². The molecule has 0 aliphatic carbocycles. The van der Waals surface area contributed by atoms with Gasteiger partial charge in [-0.3, -0.25) is 0 Å². The first-order valence-corrected chi connectivity index (χ1v) is 6.59. The summed E-state index contributed by atoms with van der Waals surface area (Å²) in [5.41, 5.74) is 7.19. The molecule has 0 bridgehead atoms. The predicted octanol–water partition coefficient (Wildman–Crippen LogP) is 2.78.